The molecule has 0 N–H and O–H groups in total. The molecule has 0 aromatic heterocycles. The van der Waals surface area contributed by atoms with E-state index in [0.29, 0.717) is 10.8 Å². The number of sulfonamides is 1. The number of nitrogens with zero attached hydrogens (tertiary/aromatic N) is 1. The van der Waals surface area contributed by atoms with Crippen molar-refractivity contribution in [3.8, 4) is 11.5 Å². The van der Waals surface area contributed by atoms with Gasteiger partial charge in [0.1, 0.15) is 21.5 Å². The summed E-state index contributed by atoms with van der Waals surface area (Å²) in [6, 6.07) is 9.04. The Kier molecular flexibility index (Phi) is 5.20. The van der Waals surface area contributed by atoms with Gasteiger partial charge in [-0.15, -0.1) is 0 Å². The second kappa shape index (κ2) is 6.76. The minimum atomic E-state index is -3.87. The molecule has 0 unspecified atom stereocenters. The highest BCUT2D eigenvalue weighted by molar-refractivity contribution is 9.10. The molecule has 118 valence electrons. The van der Waals surface area contributed by atoms with Crippen LogP contribution in [0.4, 0.5) is 5.69 Å². The van der Waals surface area contributed by atoms with E-state index >= 15 is 0 Å². The fraction of sp³-hybridized carbons (Fsp3) is 0.143. The molecule has 0 atom stereocenters. The van der Waals surface area contributed by atoms with Crippen LogP contribution in [0.15, 0.2) is 45.8 Å². The third-order valence-electron chi connectivity index (χ3n) is 2.78. The lowest BCUT2D eigenvalue weighted by Crippen LogP contribution is -1.99. The average molecular weight is 406 g/mol. The Morgan fingerprint density at radius 2 is 1.64 bits per heavy atom. The van der Waals surface area contributed by atoms with Crippen LogP contribution in [-0.2, 0) is 10.0 Å². The molecule has 0 aliphatic carbocycles. The molecular formula is C14H12BrClNO4S-. The number of ether oxygens (including phenoxy) is 2. The van der Waals surface area contributed by atoms with Crippen LogP contribution in [0.3, 0.4) is 0 Å². The molecule has 0 heterocycles. The Morgan fingerprint density at radius 1 is 1.05 bits per heavy atom. The Morgan fingerprint density at radius 3 is 2.18 bits per heavy atom. The van der Waals surface area contributed by atoms with E-state index in [1.165, 1.54) is 38.5 Å². The van der Waals surface area contributed by atoms with Gasteiger partial charge in [-0.25, -0.2) is 8.42 Å². The van der Waals surface area contributed by atoms with Gasteiger partial charge in [0.2, 0.25) is 0 Å². The molecule has 0 bridgehead atoms. The summed E-state index contributed by atoms with van der Waals surface area (Å²) in [4.78, 5) is 0.0756. The smallest absolute Gasteiger partial charge is 0.136 e. The van der Waals surface area contributed by atoms with Gasteiger partial charge in [0.25, 0.3) is 0 Å². The van der Waals surface area contributed by atoms with Crippen molar-refractivity contribution in [3.63, 3.8) is 0 Å². The topological polar surface area (TPSA) is 66.7 Å². The molecule has 0 saturated carbocycles. The summed E-state index contributed by atoms with van der Waals surface area (Å²) < 4.78 is 39.5. The summed E-state index contributed by atoms with van der Waals surface area (Å²) in [6.07, 6.45) is 0. The fourth-order valence-electron chi connectivity index (χ4n) is 1.70. The normalized spacial score (nSPS) is 11.1. The molecule has 5 nitrogen and oxygen atoms in total. The Bertz CT molecular complexity index is 778. The van der Waals surface area contributed by atoms with Crippen LogP contribution in [0.5, 0.6) is 11.5 Å². The standard InChI is InChI=1S/C14H12BrClNO4S/c1-20-13-8-12(14(21-2)7-11(13)16)17-22(18,19)10-5-3-9(15)4-6-10/h3-8H,1-2H3/q-1. The Balaban J connectivity index is 2.42. The van der Waals surface area contributed by atoms with E-state index in [0.717, 1.165) is 4.47 Å². The molecule has 22 heavy (non-hydrogen) atoms. The Labute approximate surface area is 142 Å². The third-order valence-corrected chi connectivity index (χ3v) is 4.91. The number of methoxy groups -OCH3 is 2. The fourth-order valence-corrected chi connectivity index (χ4v) is 3.19. The van der Waals surface area contributed by atoms with Gasteiger partial charge in [-0.1, -0.05) is 33.2 Å². The van der Waals surface area contributed by atoms with Gasteiger partial charge in [0.05, 0.1) is 24.1 Å². The SMILES string of the molecule is COc1cc([N-]S(=O)(=O)c2ccc(Br)cc2)c(OC)cc1Cl. The van der Waals surface area contributed by atoms with E-state index < -0.39 is 10.0 Å². The summed E-state index contributed by atoms with van der Waals surface area (Å²) >= 11 is 9.24. The molecule has 0 aliphatic rings. The van der Waals surface area contributed by atoms with Gasteiger partial charge in [-0.05, 0) is 30.3 Å². The average Bonchev–Trinajstić information content (AvgIpc) is 2.48. The zero-order chi connectivity index (χ0) is 16.3. The number of benzene rings is 2. The van der Waals surface area contributed by atoms with Crippen LogP contribution in [0.25, 0.3) is 4.72 Å². The van der Waals surface area contributed by atoms with E-state index in [1.807, 2.05) is 0 Å². The summed E-state index contributed by atoms with van der Waals surface area (Å²) in [5.74, 6) is 0.554. The molecular weight excluding hydrogens is 394 g/mol. The van der Waals surface area contributed by atoms with Crippen molar-refractivity contribution in [2.75, 3.05) is 14.2 Å². The highest BCUT2D eigenvalue weighted by Gasteiger charge is 2.10. The van der Waals surface area contributed by atoms with Crippen molar-refractivity contribution in [2.24, 2.45) is 0 Å². The molecule has 0 fully saturated rings. The van der Waals surface area contributed by atoms with E-state index in [-0.39, 0.29) is 16.3 Å². The van der Waals surface area contributed by atoms with Crippen LogP contribution in [0.2, 0.25) is 5.02 Å². The zero-order valence-corrected chi connectivity index (χ0v) is 14.9. The first-order valence-electron chi connectivity index (χ1n) is 6.02. The van der Waals surface area contributed by atoms with Gasteiger partial charge < -0.3 is 14.2 Å². The van der Waals surface area contributed by atoms with Crippen molar-refractivity contribution in [1.82, 2.24) is 0 Å². The number of halogens is 2. The minimum Gasteiger partial charge on any atom is -0.570 e. The minimum absolute atomic E-state index is 0.0756. The lowest BCUT2D eigenvalue weighted by atomic mass is 10.3. The maximum Gasteiger partial charge on any atom is 0.136 e. The summed E-state index contributed by atoms with van der Waals surface area (Å²) in [5.41, 5.74) is 0.117. The zero-order valence-electron chi connectivity index (χ0n) is 11.7. The van der Waals surface area contributed by atoms with Crippen LogP contribution < -0.4 is 9.47 Å². The maximum absolute atomic E-state index is 12.4. The molecule has 2 aromatic carbocycles. The predicted molar refractivity (Wildman–Crippen MR) is 88.9 cm³/mol. The van der Waals surface area contributed by atoms with Gasteiger partial charge in [-0.3, -0.25) is 0 Å². The number of hydrogen-bond donors (Lipinski definition) is 0. The maximum atomic E-state index is 12.4. The van der Waals surface area contributed by atoms with Gasteiger partial charge in [0.15, 0.2) is 0 Å². The molecule has 0 aliphatic heterocycles. The van der Waals surface area contributed by atoms with Crippen LogP contribution in [-0.4, -0.2) is 22.6 Å². The summed E-state index contributed by atoms with van der Waals surface area (Å²) in [5, 5.41) is 0.305. The van der Waals surface area contributed by atoms with Crippen LogP contribution >= 0.6 is 27.5 Å². The van der Waals surface area contributed by atoms with E-state index in [2.05, 4.69) is 20.7 Å². The molecule has 8 heteroatoms. The second-order valence-corrected chi connectivity index (χ2v) is 7.11. The molecule has 0 spiro atoms. The van der Waals surface area contributed by atoms with E-state index in [9.17, 15) is 8.42 Å². The number of hydrogen-bond acceptors (Lipinski definition) is 4. The first-order valence-corrected chi connectivity index (χ1v) is 8.63. The van der Waals surface area contributed by atoms with Crippen LogP contribution in [0.1, 0.15) is 0 Å². The van der Waals surface area contributed by atoms with E-state index in [4.69, 9.17) is 21.1 Å². The lowest BCUT2D eigenvalue weighted by Gasteiger charge is -2.25. The van der Waals surface area contributed by atoms with Crippen LogP contribution in [0, 0.1) is 0 Å². The monoisotopic (exact) mass is 404 g/mol. The third kappa shape index (κ3) is 3.66. The van der Waals surface area contributed by atoms with E-state index in [1.54, 1.807) is 12.1 Å². The Hall–Kier alpha value is -1.44. The highest BCUT2D eigenvalue weighted by Crippen LogP contribution is 2.42. The first kappa shape index (κ1) is 16.9. The second-order valence-electron chi connectivity index (χ2n) is 4.18. The van der Waals surface area contributed by atoms with Gasteiger partial charge in [0, 0.05) is 10.5 Å². The molecule has 2 aromatic rings. The number of rotatable bonds is 5. The quantitative estimate of drug-likeness (QED) is 0.734. The largest absolute Gasteiger partial charge is 0.570 e. The first-order chi connectivity index (χ1) is 10.4. The summed E-state index contributed by atoms with van der Waals surface area (Å²) in [6.45, 7) is 0. The molecule has 0 saturated heterocycles. The highest BCUT2D eigenvalue weighted by atomic mass is 79.9. The van der Waals surface area contributed by atoms with Gasteiger partial charge in [-0.2, -0.15) is 0 Å². The van der Waals surface area contributed by atoms with Crippen molar-refractivity contribution >= 4 is 43.2 Å². The molecule has 0 radical (unpaired) electrons. The van der Waals surface area contributed by atoms with Crippen molar-refractivity contribution in [3.05, 3.63) is 50.6 Å². The lowest BCUT2D eigenvalue weighted by molar-refractivity contribution is 0.405. The predicted octanol–water partition coefficient (Wildman–Crippen LogP) is 4.51. The van der Waals surface area contributed by atoms with Crippen molar-refractivity contribution in [1.29, 1.82) is 0 Å². The van der Waals surface area contributed by atoms with Gasteiger partial charge >= 0.3 is 0 Å². The summed E-state index contributed by atoms with van der Waals surface area (Å²) in [7, 11) is -1.04. The van der Waals surface area contributed by atoms with Crippen molar-refractivity contribution < 1.29 is 17.9 Å². The molecule has 0 amide bonds. The molecule has 2 rings (SSSR count). The van der Waals surface area contributed by atoms with Crippen molar-refractivity contribution in [2.45, 2.75) is 4.90 Å².